The van der Waals surface area contributed by atoms with Crippen LogP contribution in [0.15, 0.2) is 12.3 Å². The van der Waals surface area contributed by atoms with E-state index >= 15 is 0 Å². The van der Waals surface area contributed by atoms with Crippen LogP contribution in [0.2, 0.25) is 0 Å². The van der Waals surface area contributed by atoms with Crippen LogP contribution in [0.4, 0.5) is 0 Å². The van der Waals surface area contributed by atoms with E-state index < -0.39 is 0 Å². The molecule has 1 heterocycles. The number of amidine groups is 1. The predicted octanol–water partition coefficient (Wildman–Crippen LogP) is -0.745. The molecule has 4 nitrogen and oxygen atoms in total. The molecule has 0 spiro atoms. The fourth-order valence-electron chi connectivity index (χ4n) is 0.605. The lowest BCUT2D eigenvalue weighted by Crippen LogP contribution is -2.52. The molecule has 1 aliphatic heterocycles. The van der Waals surface area contributed by atoms with Crippen LogP contribution in [-0.4, -0.2) is 24.1 Å². The molecule has 1 unspecified atom stereocenters. The van der Waals surface area contributed by atoms with Crippen molar-refractivity contribution in [3.8, 4) is 0 Å². The van der Waals surface area contributed by atoms with E-state index in [-0.39, 0.29) is 6.29 Å². The van der Waals surface area contributed by atoms with E-state index in [1.807, 2.05) is 0 Å². The minimum Gasteiger partial charge on any atom is -0.359 e. The van der Waals surface area contributed by atoms with Gasteiger partial charge in [-0.15, -0.1) is 0 Å². The molecule has 0 saturated heterocycles. The zero-order valence-corrected chi connectivity index (χ0v) is 5.26. The maximum atomic E-state index is 7.24. The summed E-state index contributed by atoms with van der Waals surface area (Å²) in [6.07, 6.45) is 3.08. The summed E-state index contributed by atoms with van der Waals surface area (Å²) < 4.78 is 0. The van der Waals surface area contributed by atoms with E-state index in [4.69, 9.17) is 11.1 Å². The highest BCUT2D eigenvalue weighted by Crippen LogP contribution is 1.93. The van der Waals surface area contributed by atoms with Crippen LogP contribution in [0.1, 0.15) is 0 Å². The molecular formula is C5H10N4. The van der Waals surface area contributed by atoms with Crippen LogP contribution in [-0.2, 0) is 0 Å². The first kappa shape index (κ1) is 6.10. The molecule has 9 heavy (non-hydrogen) atoms. The van der Waals surface area contributed by atoms with Gasteiger partial charge < -0.3 is 10.2 Å². The summed E-state index contributed by atoms with van der Waals surface area (Å²) in [5, 5.41) is 10.1. The van der Waals surface area contributed by atoms with E-state index in [2.05, 4.69) is 5.32 Å². The summed E-state index contributed by atoms with van der Waals surface area (Å²) in [6, 6.07) is 0. The summed E-state index contributed by atoms with van der Waals surface area (Å²) in [5.74, 6) is 0.432. The SMILES string of the molecule is CN1C(=N)C=CNC1N. The lowest BCUT2D eigenvalue weighted by molar-refractivity contribution is 0.334. The quantitative estimate of drug-likeness (QED) is 0.400. The maximum absolute atomic E-state index is 7.24. The Kier molecular flexibility index (Phi) is 1.40. The van der Waals surface area contributed by atoms with Gasteiger partial charge in [-0.3, -0.25) is 11.1 Å². The molecule has 50 valence electrons. The van der Waals surface area contributed by atoms with Crippen molar-refractivity contribution >= 4 is 5.84 Å². The third-order valence-corrected chi connectivity index (χ3v) is 1.31. The van der Waals surface area contributed by atoms with E-state index in [0.717, 1.165) is 0 Å². The summed E-state index contributed by atoms with van der Waals surface area (Å²) in [6.45, 7) is 0. The first-order valence-corrected chi connectivity index (χ1v) is 2.71. The molecule has 0 aromatic heterocycles. The largest absolute Gasteiger partial charge is 0.359 e. The fraction of sp³-hybridized carbons (Fsp3) is 0.400. The first-order valence-electron chi connectivity index (χ1n) is 2.71. The minimum atomic E-state index is -0.248. The molecule has 0 bridgehead atoms. The molecule has 0 aliphatic carbocycles. The van der Waals surface area contributed by atoms with E-state index in [0.29, 0.717) is 5.84 Å². The number of hydrogen-bond donors (Lipinski definition) is 3. The maximum Gasteiger partial charge on any atom is 0.153 e. The van der Waals surface area contributed by atoms with Gasteiger partial charge >= 0.3 is 0 Å². The lowest BCUT2D eigenvalue weighted by Gasteiger charge is -2.28. The van der Waals surface area contributed by atoms with Gasteiger partial charge in [0.2, 0.25) is 0 Å². The second-order valence-electron chi connectivity index (χ2n) is 1.94. The van der Waals surface area contributed by atoms with Crippen molar-refractivity contribution in [1.82, 2.24) is 10.2 Å². The van der Waals surface area contributed by atoms with Crippen molar-refractivity contribution in [1.29, 1.82) is 5.41 Å². The van der Waals surface area contributed by atoms with Gasteiger partial charge in [-0.1, -0.05) is 0 Å². The monoisotopic (exact) mass is 126 g/mol. The smallest absolute Gasteiger partial charge is 0.153 e. The van der Waals surface area contributed by atoms with Crippen LogP contribution < -0.4 is 11.1 Å². The summed E-state index contributed by atoms with van der Waals surface area (Å²) in [4.78, 5) is 1.64. The summed E-state index contributed by atoms with van der Waals surface area (Å²) >= 11 is 0. The van der Waals surface area contributed by atoms with Crippen LogP contribution >= 0.6 is 0 Å². The molecule has 0 fully saturated rings. The van der Waals surface area contributed by atoms with Gasteiger partial charge in [0.25, 0.3) is 0 Å². The van der Waals surface area contributed by atoms with Crippen molar-refractivity contribution < 1.29 is 0 Å². The zero-order valence-electron chi connectivity index (χ0n) is 5.26. The Labute approximate surface area is 53.8 Å². The third kappa shape index (κ3) is 1.02. The van der Waals surface area contributed by atoms with E-state index in [1.165, 1.54) is 0 Å². The van der Waals surface area contributed by atoms with Crippen LogP contribution in [0.5, 0.6) is 0 Å². The Bertz CT molecular complexity index is 151. The van der Waals surface area contributed by atoms with Crippen molar-refractivity contribution in [2.45, 2.75) is 6.29 Å². The highest BCUT2D eigenvalue weighted by Gasteiger charge is 2.11. The molecule has 0 amide bonds. The Morgan fingerprint density at radius 3 is 3.00 bits per heavy atom. The van der Waals surface area contributed by atoms with Crippen LogP contribution in [0.3, 0.4) is 0 Å². The molecule has 4 N–H and O–H groups in total. The average Bonchev–Trinajstić information content (AvgIpc) is 1.83. The van der Waals surface area contributed by atoms with Gasteiger partial charge in [0, 0.05) is 13.2 Å². The number of likely N-dealkylation sites (N-methyl/N-ethyl adjacent to an activating group) is 1. The van der Waals surface area contributed by atoms with Crippen LogP contribution in [0.25, 0.3) is 0 Å². The van der Waals surface area contributed by atoms with Gasteiger partial charge in [0.15, 0.2) is 6.29 Å². The van der Waals surface area contributed by atoms with Gasteiger partial charge in [-0.2, -0.15) is 0 Å². The third-order valence-electron chi connectivity index (χ3n) is 1.31. The first-order chi connectivity index (χ1) is 4.22. The fourth-order valence-corrected chi connectivity index (χ4v) is 0.605. The Balaban J connectivity index is 2.69. The van der Waals surface area contributed by atoms with Gasteiger partial charge in [-0.25, -0.2) is 0 Å². The zero-order chi connectivity index (χ0) is 6.85. The number of hydrogen-bond acceptors (Lipinski definition) is 3. The average molecular weight is 126 g/mol. The number of rotatable bonds is 0. The number of nitrogens with zero attached hydrogens (tertiary/aromatic N) is 1. The highest BCUT2D eigenvalue weighted by molar-refractivity contribution is 5.90. The van der Waals surface area contributed by atoms with Gasteiger partial charge in [-0.05, 0) is 6.08 Å². The molecule has 0 aromatic rings. The van der Waals surface area contributed by atoms with Gasteiger partial charge in [0.05, 0.1) is 0 Å². The molecule has 0 aromatic carbocycles. The molecule has 1 aliphatic rings. The Morgan fingerprint density at radius 2 is 2.56 bits per heavy atom. The van der Waals surface area contributed by atoms with Crippen molar-refractivity contribution in [3.05, 3.63) is 12.3 Å². The van der Waals surface area contributed by atoms with Gasteiger partial charge in [0.1, 0.15) is 5.84 Å². The molecule has 1 rings (SSSR count). The standard InChI is InChI=1S/C5H10N4/c1-9-4(6)2-3-8-5(9)7/h2-3,5-6,8H,7H2,1H3. The second kappa shape index (κ2) is 2.06. The molecule has 0 radical (unpaired) electrons. The van der Waals surface area contributed by atoms with Crippen molar-refractivity contribution in [2.24, 2.45) is 5.73 Å². The molecule has 0 saturated carbocycles. The summed E-state index contributed by atoms with van der Waals surface area (Å²) in [7, 11) is 1.77. The van der Waals surface area contributed by atoms with Crippen molar-refractivity contribution in [3.63, 3.8) is 0 Å². The summed E-state index contributed by atoms with van der Waals surface area (Å²) in [5.41, 5.74) is 5.49. The lowest BCUT2D eigenvalue weighted by atomic mass is 10.4. The Hall–Kier alpha value is -1.03. The van der Waals surface area contributed by atoms with Crippen molar-refractivity contribution in [2.75, 3.05) is 7.05 Å². The minimum absolute atomic E-state index is 0.248. The van der Waals surface area contributed by atoms with Crippen LogP contribution in [0, 0.1) is 5.41 Å². The normalized spacial score (nSPS) is 26.2. The highest BCUT2D eigenvalue weighted by atomic mass is 15.3. The molecular weight excluding hydrogens is 116 g/mol. The molecule has 1 atom stereocenters. The second-order valence-corrected chi connectivity index (χ2v) is 1.94. The number of nitrogens with one attached hydrogen (secondary N) is 2. The number of nitrogens with two attached hydrogens (primary N) is 1. The topological polar surface area (TPSA) is 65.1 Å². The van der Waals surface area contributed by atoms with E-state index in [9.17, 15) is 0 Å². The van der Waals surface area contributed by atoms with E-state index in [1.54, 1.807) is 24.2 Å². The molecule has 4 heteroatoms. The predicted molar refractivity (Wildman–Crippen MR) is 35.7 cm³/mol. The Morgan fingerprint density at radius 1 is 1.89 bits per heavy atom.